The van der Waals surface area contributed by atoms with Gasteiger partial charge in [0.05, 0.1) is 17.8 Å². The van der Waals surface area contributed by atoms with Crippen molar-refractivity contribution in [1.29, 1.82) is 0 Å². The molecule has 9 aromatic carbocycles. The minimum Gasteiger partial charge on any atom is -0.310 e. The minimum atomic E-state index is -0.869. The van der Waals surface area contributed by atoms with Crippen LogP contribution in [0.4, 0.5) is 17.1 Å². The molecule has 10 rings (SSSR count). The summed E-state index contributed by atoms with van der Waals surface area (Å²) in [5.41, 5.74) is 5.27. The lowest BCUT2D eigenvalue weighted by molar-refractivity contribution is 0.768. The summed E-state index contributed by atoms with van der Waals surface area (Å²) in [5, 5.41) is 3.52. The molecule has 0 N–H and O–H groups in total. The highest BCUT2D eigenvalue weighted by molar-refractivity contribution is 6.13. The Labute approximate surface area is 317 Å². The second-order valence-corrected chi connectivity index (χ2v) is 13.0. The summed E-state index contributed by atoms with van der Waals surface area (Å²) in [5.74, 6) is 0. The zero-order valence-corrected chi connectivity index (χ0v) is 28.0. The number of para-hydroxylation sites is 1. The van der Waals surface area contributed by atoms with E-state index in [1.165, 1.54) is 4.90 Å². The molecule has 52 heavy (non-hydrogen) atoms. The van der Waals surface area contributed by atoms with Crippen LogP contribution >= 0.6 is 0 Å². The highest BCUT2D eigenvalue weighted by atomic mass is 15.1. The van der Waals surface area contributed by atoms with Crippen LogP contribution in [-0.4, -0.2) is 0 Å². The Bertz CT molecular complexity index is 3160. The molecule has 1 aliphatic carbocycles. The number of benzene rings is 9. The van der Waals surface area contributed by atoms with Gasteiger partial charge in [-0.15, -0.1) is 0 Å². The van der Waals surface area contributed by atoms with Gasteiger partial charge >= 0.3 is 0 Å². The quantitative estimate of drug-likeness (QED) is 0.159. The van der Waals surface area contributed by atoms with E-state index >= 15 is 0 Å². The van der Waals surface area contributed by atoms with Gasteiger partial charge in [0.1, 0.15) is 0 Å². The van der Waals surface area contributed by atoms with Crippen molar-refractivity contribution in [3.8, 4) is 22.3 Å². The number of anilines is 3. The van der Waals surface area contributed by atoms with Crippen molar-refractivity contribution in [2.24, 2.45) is 0 Å². The van der Waals surface area contributed by atoms with Gasteiger partial charge in [-0.3, -0.25) is 0 Å². The van der Waals surface area contributed by atoms with Crippen molar-refractivity contribution < 1.29 is 12.3 Å². The Kier molecular flexibility index (Phi) is 5.23. The summed E-state index contributed by atoms with van der Waals surface area (Å²) in [4.78, 5) is 1.33. The molecule has 0 amide bonds. The number of nitrogens with zero attached hydrogens (tertiary/aromatic N) is 1. The summed E-state index contributed by atoms with van der Waals surface area (Å²) in [6.45, 7) is 0. The Morgan fingerprint density at radius 1 is 0.385 bits per heavy atom. The van der Waals surface area contributed by atoms with Gasteiger partial charge in [0.2, 0.25) is 0 Å². The highest BCUT2D eigenvalue weighted by Gasteiger charge is 2.46. The zero-order chi connectivity index (χ0) is 42.3. The third kappa shape index (κ3) is 4.63. The van der Waals surface area contributed by atoms with E-state index in [-0.39, 0.29) is 29.0 Å². The van der Waals surface area contributed by atoms with Gasteiger partial charge in [-0.2, -0.15) is 0 Å². The molecule has 0 saturated carbocycles. The molecule has 1 aliphatic rings. The molecule has 0 aliphatic heterocycles. The van der Waals surface area contributed by atoms with Crippen LogP contribution in [-0.2, 0) is 5.41 Å². The normalized spacial score (nSPS) is 15.2. The Balaban J connectivity index is 1.30. The highest BCUT2D eigenvalue weighted by Crippen LogP contribution is 2.57. The SMILES string of the molecule is [2H]c1c([2H])c([2H])c(N(c2ccc3c(c2)C(c2ccccc2)(c2ccccc2)c2ccccc2-3)c2c([2H])c([2H])c(-c3cc4ccccc4c4ccccc34)c([2H])c2[2H])c([2H])c1[2H]. The van der Waals surface area contributed by atoms with Crippen molar-refractivity contribution in [3.05, 3.63) is 234 Å². The first kappa shape index (κ1) is 22.2. The maximum absolute atomic E-state index is 9.73. The lowest BCUT2D eigenvalue weighted by Gasteiger charge is -2.35. The molecule has 0 spiro atoms. The van der Waals surface area contributed by atoms with E-state index in [1.807, 2.05) is 115 Å². The van der Waals surface area contributed by atoms with Crippen LogP contribution < -0.4 is 4.90 Å². The van der Waals surface area contributed by atoms with Crippen LogP contribution in [0.25, 0.3) is 43.8 Å². The van der Waals surface area contributed by atoms with E-state index in [1.54, 1.807) is 6.07 Å². The number of rotatable bonds is 6. The maximum Gasteiger partial charge on any atom is 0.0714 e. The first-order chi connectivity index (χ1) is 29.5. The Morgan fingerprint density at radius 2 is 0.962 bits per heavy atom. The molecule has 9 aromatic rings. The van der Waals surface area contributed by atoms with E-state index in [4.69, 9.17) is 4.11 Å². The van der Waals surface area contributed by atoms with Gasteiger partial charge in [0, 0.05) is 17.1 Å². The molecule has 0 unspecified atom stereocenters. The lowest BCUT2D eigenvalue weighted by Crippen LogP contribution is -2.28. The molecule has 0 aromatic heterocycles. The molecule has 0 radical (unpaired) electrons. The first-order valence-corrected chi connectivity index (χ1v) is 17.3. The summed E-state index contributed by atoms with van der Waals surface area (Å²) in [7, 11) is 0. The fourth-order valence-electron chi connectivity index (χ4n) is 8.11. The topological polar surface area (TPSA) is 3.24 Å². The fraction of sp³-hybridized carbons (Fsp3) is 0.0196. The van der Waals surface area contributed by atoms with E-state index in [2.05, 4.69) is 36.4 Å². The van der Waals surface area contributed by atoms with Gasteiger partial charge in [-0.1, -0.05) is 170 Å². The Morgan fingerprint density at radius 3 is 1.69 bits per heavy atom. The summed E-state index contributed by atoms with van der Waals surface area (Å²) in [6, 6.07) is 47.0. The van der Waals surface area contributed by atoms with Crippen molar-refractivity contribution in [1.82, 2.24) is 0 Å². The van der Waals surface area contributed by atoms with Crippen molar-refractivity contribution >= 4 is 38.6 Å². The second-order valence-electron chi connectivity index (χ2n) is 13.0. The maximum atomic E-state index is 9.73. The van der Waals surface area contributed by atoms with Crippen LogP contribution in [0.5, 0.6) is 0 Å². The summed E-state index contributed by atoms with van der Waals surface area (Å²) >= 11 is 0. The van der Waals surface area contributed by atoms with Gasteiger partial charge in [0.15, 0.2) is 0 Å². The van der Waals surface area contributed by atoms with Gasteiger partial charge in [-0.25, -0.2) is 0 Å². The predicted octanol–water partition coefficient (Wildman–Crippen LogP) is 13.5. The smallest absolute Gasteiger partial charge is 0.0714 e. The lowest BCUT2D eigenvalue weighted by atomic mass is 9.67. The molecule has 0 atom stereocenters. The molecular formula is C51H35N. The minimum absolute atomic E-state index is 0.0956. The third-order valence-corrected chi connectivity index (χ3v) is 10.3. The van der Waals surface area contributed by atoms with E-state index < -0.39 is 47.7 Å². The second kappa shape index (κ2) is 12.3. The van der Waals surface area contributed by atoms with Gasteiger partial charge in [0.25, 0.3) is 0 Å². The Hall–Kier alpha value is -6.70. The fourth-order valence-corrected chi connectivity index (χ4v) is 8.11. The molecule has 1 heteroatoms. The molecule has 1 nitrogen and oxygen atoms in total. The molecule has 0 saturated heterocycles. The van der Waals surface area contributed by atoms with E-state index in [0.717, 1.165) is 54.9 Å². The summed E-state index contributed by atoms with van der Waals surface area (Å²) in [6.07, 6.45) is 0. The van der Waals surface area contributed by atoms with Gasteiger partial charge in [-0.05, 0) is 108 Å². The molecule has 0 heterocycles. The van der Waals surface area contributed by atoms with E-state index in [9.17, 15) is 8.22 Å². The van der Waals surface area contributed by atoms with Crippen LogP contribution in [0.3, 0.4) is 0 Å². The van der Waals surface area contributed by atoms with Gasteiger partial charge < -0.3 is 4.90 Å². The molecule has 0 bridgehead atoms. The predicted molar refractivity (Wildman–Crippen MR) is 219 cm³/mol. The standard InChI is InChI=1S/C51H35N/c1-4-17-38(18-5-1)51(39-19-6-2-7-20-39)49-27-15-14-26-46(49)47-33-32-42(35-50(47)51)52(40-21-8-3-9-22-40)41-30-28-36(29-31-41)48-34-37-16-10-11-23-43(37)44-24-12-13-25-45(44)48/h1-35H/i3D,8D,9D,21D,22D,28D,29D,30D,31D. The van der Waals surface area contributed by atoms with Crippen LogP contribution in [0.1, 0.15) is 34.6 Å². The van der Waals surface area contributed by atoms with Crippen molar-refractivity contribution in [3.63, 3.8) is 0 Å². The monoisotopic (exact) mass is 670 g/mol. The number of fused-ring (bicyclic) bond motifs is 6. The number of hydrogen-bond donors (Lipinski definition) is 0. The van der Waals surface area contributed by atoms with Crippen LogP contribution in [0.15, 0.2) is 212 Å². The van der Waals surface area contributed by atoms with Crippen LogP contribution in [0.2, 0.25) is 0 Å². The third-order valence-electron chi connectivity index (χ3n) is 10.3. The molecule has 0 fully saturated rings. The van der Waals surface area contributed by atoms with Crippen molar-refractivity contribution in [2.75, 3.05) is 4.90 Å². The van der Waals surface area contributed by atoms with E-state index in [0.29, 0.717) is 11.3 Å². The van der Waals surface area contributed by atoms with Crippen LogP contribution in [0, 0.1) is 0 Å². The van der Waals surface area contributed by atoms with Crippen molar-refractivity contribution in [2.45, 2.75) is 5.41 Å². The first-order valence-electron chi connectivity index (χ1n) is 21.8. The number of hydrogen-bond acceptors (Lipinski definition) is 1. The average Bonchev–Trinajstić information content (AvgIpc) is 3.60. The zero-order valence-electron chi connectivity index (χ0n) is 37.0. The largest absolute Gasteiger partial charge is 0.310 e. The molecule has 244 valence electrons. The average molecular weight is 671 g/mol. The molecular weight excluding hydrogens is 627 g/mol. The summed E-state index contributed by atoms with van der Waals surface area (Å²) < 4.78 is 83.1.